The molecule has 2 aromatic carbocycles. The van der Waals surface area contributed by atoms with E-state index in [-0.39, 0.29) is 37.8 Å². The Labute approximate surface area is 293 Å². The summed E-state index contributed by atoms with van der Waals surface area (Å²) in [6.07, 6.45) is 2.41. The van der Waals surface area contributed by atoms with E-state index in [0.717, 1.165) is 61.4 Å². The number of amides is 2. The fraction of sp³-hybridized carbons (Fsp3) is 0.257. The highest BCUT2D eigenvalue weighted by Gasteiger charge is 2.34. The Morgan fingerprint density at radius 2 is 1.77 bits per heavy atom. The summed E-state index contributed by atoms with van der Waals surface area (Å²) in [7, 11) is 0. The number of anilines is 2. The number of thiophene rings is 1. The number of aryl methyl sites for hydroxylation is 2. The van der Waals surface area contributed by atoms with E-state index in [1.165, 1.54) is 4.88 Å². The van der Waals surface area contributed by atoms with E-state index in [4.69, 9.17) is 16.6 Å². The molecule has 8 rings (SSSR count). The van der Waals surface area contributed by atoms with Gasteiger partial charge >= 0.3 is 0 Å². The summed E-state index contributed by atoms with van der Waals surface area (Å²) in [6.45, 7) is 7.49. The second-order valence-corrected chi connectivity index (χ2v) is 13.9. The van der Waals surface area contributed by atoms with Gasteiger partial charge in [-0.3, -0.25) is 19.1 Å². The maximum absolute atomic E-state index is 13.5. The quantitative estimate of drug-likeness (QED) is 0.230. The van der Waals surface area contributed by atoms with Crippen LogP contribution in [0.4, 0.5) is 11.5 Å². The highest BCUT2D eigenvalue weighted by molar-refractivity contribution is 7.59. The topological polar surface area (TPSA) is 117 Å². The van der Waals surface area contributed by atoms with Crippen LogP contribution in [-0.4, -0.2) is 56.4 Å². The van der Waals surface area contributed by atoms with Crippen LogP contribution in [0, 0.1) is 20.8 Å². The summed E-state index contributed by atoms with van der Waals surface area (Å²) in [5.74, 6) is 2.22. The summed E-state index contributed by atoms with van der Waals surface area (Å²) in [6, 6.07) is 17.2. The molecule has 0 saturated carbocycles. The molecule has 0 unspecified atom stereocenters. The number of aromatic nitrogens is 4. The molecule has 0 bridgehead atoms. The number of pyridine rings is 1. The summed E-state index contributed by atoms with van der Waals surface area (Å²) in [5, 5.41) is 16.7. The predicted molar refractivity (Wildman–Crippen MR) is 194 cm³/mol. The number of carbonyl (C=O) groups excluding carboxylic acids is 2. The zero-order valence-electron chi connectivity index (χ0n) is 26.5. The summed E-state index contributed by atoms with van der Waals surface area (Å²) >= 11 is 7.92. The third-order valence-corrected chi connectivity index (χ3v) is 10.6. The van der Waals surface area contributed by atoms with Gasteiger partial charge in [0.25, 0.3) is 0 Å². The Bertz CT molecular complexity index is 2100. The number of rotatable bonds is 6. The second-order valence-electron chi connectivity index (χ2n) is 12.3. The lowest BCUT2D eigenvalue weighted by Gasteiger charge is -2.40. The molecular weight excluding hydrogens is 664 g/mol. The van der Waals surface area contributed by atoms with Gasteiger partial charge < -0.3 is 15.5 Å². The third-order valence-electron chi connectivity index (χ3n) is 9.12. The van der Waals surface area contributed by atoms with Gasteiger partial charge in [0.2, 0.25) is 11.8 Å². The fourth-order valence-corrected chi connectivity index (χ4v) is 7.84. The first-order chi connectivity index (χ1) is 22.7. The lowest BCUT2D eigenvalue weighted by atomic mass is 9.99. The zero-order chi connectivity index (χ0) is 32.4. The van der Waals surface area contributed by atoms with Gasteiger partial charge in [0.05, 0.1) is 24.6 Å². The molecule has 13 heteroatoms. The molecule has 2 amide bonds. The minimum absolute atomic E-state index is 0. The van der Waals surface area contributed by atoms with Crippen LogP contribution in [0.2, 0.25) is 5.02 Å². The first-order valence-corrected chi connectivity index (χ1v) is 16.7. The number of hydrogen-bond acceptors (Lipinski definition) is 8. The van der Waals surface area contributed by atoms with Crippen molar-refractivity contribution < 1.29 is 9.59 Å². The molecule has 1 atom stereocenters. The van der Waals surface area contributed by atoms with Gasteiger partial charge in [-0.1, -0.05) is 29.8 Å². The number of benzene rings is 2. The molecule has 3 aliphatic rings. The van der Waals surface area contributed by atoms with Crippen molar-refractivity contribution in [2.24, 2.45) is 4.99 Å². The lowest BCUT2D eigenvalue weighted by Crippen LogP contribution is -2.59. The smallest absolute Gasteiger partial charge is 0.228 e. The highest BCUT2D eigenvalue weighted by atomic mass is 35.5. The molecule has 5 aromatic rings. The number of nitrogens with zero attached hydrogens (tertiary/aromatic N) is 6. The monoisotopic (exact) mass is 696 g/mol. The average molecular weight is 697 g/mol. The van der Waals surface area contributed by atoms with E-state index in [1.54, 1.807) is 11.3 Å². The van der Waals surface area contributed by atoms with E-state index in [1.807, 2.05) is 67.7 Å². The Kier molecular flexibility index (Phi) is 8.34. The van der Waals surface area contributed by atoms with E-state index in [2.05, 4.69) is 49.1 Å². The van der Waals surface area contributed by atoms with Crippen LogP contribution in [0.15, 0.2) is 65.8 Å². The van der Waals surface area contributed by atoms with Crippen molar-refractivity contribution >= 4 is 65.5 Å². The molecule has 1 saturated heterocycles. The third kappa shape index (κ3) is 5.67. The van der Waals surface area contributed by atoms with Crippen LogP contribution in [0.25, 0.3) is 16.1 Å². The van der Waals surface area contributed by atoms with Gasteiger partial charge in [0.15, 0.2) is 5.82 Å². The van der Waals surface area contributed by atoms with Crippen molar-refractivity contribution in [3.8, 4) is 16.1 Å². The summed E-state index contributed by atoms with van der Waals surface area (Å²) in [4.78, 5) is 38.5. The number of nitrogens with one attached hydrogen (secondary N) is 2. The first kappa shape index (κ1) is 32.0. The van der Waals surface area contributed by atoms with Gasteiger partial charge in [0.1, 0.15) is 22.7 Å². The normalized spacial score (nSPS) is 16.5. The molecule has 6 heterocycles. The highest BCUT2D eigenvalue weighted by Crippen LogP contribution is 2.40. The Morgan fingerprint density at radius 3 is 2.52 bits per heavy atom. The standard InChI is InChI=1S/C35H31ClN8O2S.H2S/c1-18-19(2)47-35-32(18)33(21-4-8-25(36)9-5-21)40-28(34-42-41-20(3)44(34)35)14-31(46)38-26-16-43(17-26)29-11-7-23(15-37-29)22-6-10-27-24(12-22)13-30(45)39-27;/h4-12,15,26,28H,13-14,16-17H2,1-3H3,(H,38,46)(H,39,45);1H2/t28-;/m0./s1. The average Bonchev–Trinajstić information content (AvgIpc) is 3.67. The molecule has 10 nitrogen and oxygen atoms in total. The minimum atomic E-state index is -0.514. The summed E-state index contributed by atoms with van der Waals surface area (Å²) in [5.41, 5.74) is 7.86. The van der Waals surface area contributed by atoms with Crippen molar-refractivity contribution in [3.05, 3.63) is 105 Å². The number of aliphatic imine (C=N–C) groups is 1. The molecule has 2 N–H and O–H groups in total. The van der Waals surface area contributed by atoms with E-state index in [9.17, 15) is 9.59 Å². The first-order valence-electron chi connectivity index (χ1n) is 15.5. The molecule has 0 spiro atoms. The van der Waals surface area contributed by atoms with Crippen molar-refractivity contribution in [1.29, 1.82) is 0 Å². The molecule has 3 aliphatic heterocycles. The van der Waals surface area contributed by atoms with Crippen LogP contribution >= 0.6 is 36.4 Å². The van der Waals surface area contributed by atoms with Crippen LogP contribution in [0.3, 0.4) is 0 Å². The van der Waals surface area contributed by atoms with Crippen molar-refractivity contribution in [2.45, 2.75) is 45.7 Å². The van der Waals surface area contributed by atoms with E-state index < -0.39 is 6.04 Å². The van der Waals surface area contributed by atoms with Crippen LogP contribution in [0.1, 0.15) is 51.2 Å². The van der Waals surface area contributed by atoms with E-state index in [0.29, 0.717) is 30.4 Å². The predicted octanol–water partition coefficient (Wildman–Crippen LogP) is 5.86. The number of hydrogen-bond donors (Lipinski definition) is 2. The molecule has 48 heavy (non-hydrogen) atoms. The Morgan fingerprint density at radius 1 is 1.02 bits per heavy atom. The molecule has 1 fully saturated rings. The van der Waals surface area contributed by atoms with Crippen molar-refractivity contribution in [2.75, 3.05) is 23.3 Å². The van der Waals surface area contributed by atoms with E-state index >= 15 is 0 Å². The van der Waals surface area contributed by atoms with Gasteiger partial charge in [0, 0.05) is 51.6 Å². The molecule has 0 aliphatic carbocycles. The molecule has 3 aromatic heterocycles. The Balaban J connectivity index is 0.00000364. The van der Waals surface area contributed by atoms with Crippen LogP contribution in [0.5, 0.6) is 0 Å². The largest absolute Gasteiger partial charge is 0.352 e. The second kappa shape index (κ2) is 12.5. The summed E-state index contributed by atoms with van der Waals surface area (Å²) < 4.78 is 2.06. The van der Waals surface area contributed by atoms with Crippen LogP contribution < -0.4 is 15.5 Å². The number of carbonyl (C=O) groups is 2. The van der Waals surface area contributed by atoms with Gasteiger partial charge in [-0.25, -0.2) is 4.98 Å². The van der Waals surface area contributed by atoms with Gasteiger partial charge in [-0.2, -0.15) is 13.5 Å². The molecule has 244 valence electrons. The molecular formula is C35H33ClN8O2S2. The van der Waals surface area contributed by atoms with Gasteiger partial charge in [-0.15, -0.1) is 21.5 Å². The van der Waals surface area contributed by atoms with Gasteiger partial charge in [-0.05, 0) is 73.9 Å². The molecule has 0 radical (unpaired) electrons. The number of halogens is 1. The fourth-order valence-electron chi connectivity index (χ4n) is 6.50. The van der Waals surface area contributed by atoms with Crippen molar-refractivity contribution in [3.63, 3.8) is 0 Å². The Hall–Kier alpha value is -4.52. The maximum atomic E-state index is 13.5. The SMILES string of the molecule is Cc1sc2c(c1C)C(c1ccc(Cl)cc1)=N[C@@H](CC(=O)NC1CN(c3ccc(-c4ccc5c(c4)CC(=O)N5)cn3)C1)c1nnc(C)n1-2.S. The minimum Gasteiger partial charge on any atom is -0.352 e. The lowest BCUT2D eigenvalue weighted by molar-refractivity contribution is -0.122. The van der Waals surface area contributed by atoms with Crippen LogP contribution in [-0.2, 0) is 16.0 Å². The maximum Gasteiger partial charge on any atom is 0.228 e. The van der Waals surface area contributed by atoms with Crippen molar-refractivity contribution in [1.82, 2.24) is 25.1 Å². The zero-order valence-corrected chi connectivity index (χ0v) is 29.1. The number of fused-ring (bicyclic) bond motifs is 4.